The lowest BCUT2D eigenvalue weighted by molar-refractivity contribution is -0.148. The lowest BCUT2D eigenvalue weighted by Crippen LogP contribution is -2.66. The molecule has 0 atom stereocenters. The lowest BCUT2D eigenvalue weighted by Gasteiger charge is -2.44. The quantitative estimate of drug-likeness (QED) is 0.743. The number of anilines is 1. The van der Waals surface area contributed by atoms with Crippen molar-refractivity contribution >= 4 is 23.5 Å². The van der Waals surface area contributed by atoms with E-state index < -0.39 is 23.3 Å². The molecule has 0 unspecified atom stereocenters. The van der Waals surface area contributed by atoms with Crippen LogP contribution in [0.5, 0.6) is 0 Å². The van der Waals surface area contributed by atoms with Gasteiger partial charge in [0.1, 0.15) is 5.41 Å². The van der Waals surface area contributed by atoms with E-state index >= 15 is 0 Å². The molecule has 1 spiro atoms. The molecule has 1 N–H and O–H groups in total. The lowest BCUT2D eigenvalue weighted by atomic mass is 9.66. The van der Waals surface area contributed by atoms with Crippen molar-refractivity contribution in [3.8, 4) is 0 Å². The zero-order valence-corrected chi connectivity index (χ0v) is 9.55. The van der Waals surface area contributed by atoms with Gasteiger partial charge in [-0.15, -0.1) is 0 Å². The molecule has 1 aromatic rings. The summed E-state index contributed by atoms with van der Waals surface area (Å²) in [6, 6.07) is 2.56. The van der Waals surface area contributed by atoms with Crippen LogP contribution >= 0.6 is 0 Å². The minimum absolute atomic E-state index is 0.388. The van der Waals surface area contributed by atoms with Gasteiger partial charge in [0.05, 0.1) is 11.9 Å². The predicted molar refractivity (Wildman–Crippen MR) is 61.5 cm³/mol. The summed E-state index contributed by atoms with van der Waals surface area (Å²) in [5.41, 5.74) is -0.650. The minimum atomic E-state index is -1.04. The fourth-order valence-electron chi connectivity index (χ4n) is 2.37. The highest BCUT2D eigenvalue weighted by atomic mass is 16.2. The van der Waals surface area contributed by atoms with Crippen LogP contribution in [0, 0.1) is 5.41 Å². The molecule has 0 aromatic carbocycles. The Kier molecular flexibility index (Phi) is 2.19. The fraction of sp³-hybridized carbons (Fsp3) is 0.333. The number of pyridine rings is 1. The highest BCUT2D eigenvalue weighted by Crippen LogP contribution is 2.45. The van der Waals surface area contributed by atoms with E-state index in [2.05, 4.69) is 10.3 Å². The van der Waals surface area contributed by atoms with E-state index in [1.807, 2.05) is 0 Å². The van der Waals surface area contributed by atoms with Crippen LogP contribution in [0.3, 0.4) is 0 Å². The second kappa shape index (κ2) is 3.63. The molecule has 0 bridgehead atoms. The Morgan fingerprint density at radius 2 is 2.06 bits per heavy atom. The molecule has 1 aromatic heterocycles. The molecule has 1 aliphatic carbocycles. The molecule has 1 aliphatic heterocycles. The third-order valence-corrected chi connectivity index (χ3v) is 3.58. The van der Waals surface area contributed by atoms with Gasteiger partial charge in [-0.05, 0) is 25.0 Å². The van der Waals surface area contributed by atoms with Crippen LogP contribution in [0.25, 0.3) is 0 Å². The van der Waals surface area contributed by atoms with E-state index in [0.29, 0.717) is 18.5 Å². The standard InChI is InChI=1S/C12H11N3O3/c16-9-12(4-2-5-12)10(17)15(11(18)14-9)8-3-1-6-13-7-8/h1,3,6-7H,2,4-5H2,(H,14,16,18). The number of hydrogen-bond donors (Lipinski definition) is 1. The topological polar surface area (TPSA) is 79.4 Å². The number of urea groups is 1. The third-order valence-electron chi connectivity index (χ3n) is 3.58. The van der Waals surface area contributed by atoms with Gasteiger partial charge in [-0.1, -0.05) is 6.42 Å². The van der Waals surface area contributed by atoms with Crippen molar-refractivity contribution in [2.75, 3.05) is 4.90 Å². The Balaban J connectivity index is 2.02. The van der Waals surface area contributed by atoms with Gasteiger partial charge in [-0.2, -0.15) is 0 Å². The first-order chi connectivity index (χ1) is 8.65. The van der Waals surface area contributed by atoms with Crippen molar-refractivity contribution in [1.29, 1.82) is 0 Å². The van der Waals surface area contributed by atoms with E-state index in [-0.39, 0.29) is 0 Å². The number of barbiturate groups is 1. The van der Waals surface area contributed by atoms with Crippen molar-refractivity contribution in [3.63, 3.8) is 0 Å². The number of rotatable bonds is 1. The summed E-state index contributed by atoms with van der Waals surface area (Å²) in [7, 11) is 0. The molecule has 0 radical (unpaired) electrons. The third kappa shape index (κ3) is 1.28. The SMILES string of the molecule is O=C1NC(=O)C2(CCC2)C(=O)N1c1cccnc1. The summed E-state index contributed by atoms with van der Waals surface area (Å²) in [4.78, 5) is 40.8. The van der Waals surface area contributed by atoms with Crippen LogP contribution in [-0.4, -0.2) is 22.8 Å². The molecule has 18 heavy (non-hydrogen) atoms. The van der Waals surface area contributed by atoms with Crippen LogP contribution in [0.1, 0.15) is 19.3 Å². The van der Waals surface area contributed by atoms with Crippen molar-refractivity contribution in [2.24, 2.45) is 5.41 Å². The number of nitrogens with zero attached hydrogens (tertiary/aromatic N) is 2. The summed E-state index contributed by atoms with van der Waals surface area (Å²) < 4.78 is 0. The van der Waals surface area contributed by atoms with Gasteiger partial charge >= 0.3 is 6.03 Å². The maximum Gasteiger partial charge on any atom is 0.335 e. The second-order valence-electron chi connectivity index (χ2n) is 4.55. The average Bonchev–Trinajstić information content (AvgIpc) is 2.28. The van der Waals surface area contributed by atoms with E-state index in [1.165, 1.54) is 6.20 Å². The molecule has 2 aliphatic rings. The van der Waals surface area contributed by atoms with Crippen LogP contribution in [0.15, 0.2) is 24.5 Å². The summed E-state index contributed by atoms with van der Waals surface area (Å²) in [5.74, 6) is -0.903. The van der Waals surface area contributed by atoms with Crippen LogP contribution < -0.4 is 10.2 Å². The fourth-order valence-corrected chi connectivity index (χ4v) is 2.37. The zero-order valence-electron chi connectivity index (χ0n) is 9.55. The van der Waals surface area contributed by atoms with Crippen molar-refractivity contribution < 1.29 is 14.4 Å². The number of hydrogen-bond acceptors (Lipinski definition) is 4. The van der Waals surface area contributed by atoms with Gasteiger partial charge in [-0.3, -0.25) is 19.9 Å². The van der Waals surface area contributed by atoms with Gasteiger partial charge < -0.3 is 0 Å². The summed E-state index contributed by atoms with van der Waals surface area (Å²) >= 11 is 0. The molecule has 1 saturated carbocycles. The Hall–Kier alpha value is -2.24. The van der Waals surface area contributed by atoms with E-state index in [9.17, 15) is 14.4 Å². The maximum atomic E-state index is 12.4. The monoisotopic (exact) mass is 245 g/mol. The van der Waals surface area contributed by atoms with E-state index in [0.717, 1.165) is 11.3 Å². The molecule has 1 saturated heterocycles. The largest absolute Gasteiger partial charge is 0.335 e. The molecule has 3 rings (SSSR count). The summed E-state index contributed by atoms with van der Waals surface area (Å²) in [6.45, 7) is 0. The summed E-state index contributed by atoms with van der Waals surface area (Å²) in [6.07, 6.45) is 4.82. The van der Waals surface area contributed by atoms with Crippen molar-refractivity contribution in [3.05, 3.63) is 24.5 Å². The molecule has 6 heteroatoms. The zero-order chi connectivity index (χ0) is 12.8. The van der Waals surface area contributed by atoms with Crippen molar-refractivity contribution in [2.45, 2.75) is 19.3 Å². The van der Waals surface area contributed by atoms with Gasteiger partial charge in [-0.25, -0.2) is 9.69 Å². The van der Waals surface area contributed by atoms with Crippen LogP contribution in [0.4, 0.5) is 10.5 Å². The Morgan fingerprint density at radius 3 is 2.61 bits per heavy atom. The Labute approximate surface area is 103 Å². The molecule has 6 nitrogen and oxygen atoms in total. The van der Waals surface area contributed by atoms with Crippen LogP contribution in [-0.2, 0) is 9.59 Å². The average molecular weight is 245 g/mol. The van der Waals surface area contributed by atoms with E-state index in [1.54, 1.807) is 18.3 Å². The number of amides is 4. The first-order valence-electron chi connectivity index (χ1n) is 5.75. The van der Waals surface area contributed by atoms with Gasteiger partial charge in [0.15, 0.2) is 0 Å². The van der Waals surface area contributed by atoms with E-state index in [4.69, 9.17) is 0 Å². The van der Waals surface area contributed by atoms with Crippen molar-refractivity contribution in [1.82, 2.24) is 10.3 Å². The molecule has 4 amide bonds. The second-order valence-corrected chi connectivity index (χ2v) is 4.55. The number of aromatic nitrogens is 1. The normalized spacial score (nSPS) is 21.8. The van der Waals surface area contributed by atoms with Gasteiger partial charge in [0, 0.05) is 6.20 Å². The van der Waals surface area contributed by atoms with Gasteiger partial charge in [0.2, 0.25) is 5.91 Å². The number of carbonyl (C=O) groups is 3. The molecule has 92 valence electrons. The molecular formula is C12H11N3O3. The molecular weight excluding hydrogens is 234 g/mol. The number of nitrogens with one attached hydrogen (secondary N) is 1. The van der Waals surface area contributed by atoms with Gasteiger partial charge in [0.25, 0.3) is 5.91 Å². The summed E-state index contributed by atoms with van der Waals surface area (Å²) in [5, 5.41) is 2.25. The Bertz CT molecular complexity index is 537. The first kappa shape index (κ1) is 10.9. The highest BCUT2D eigenvalue weighted by molar-refractivity contribution is 6.30. The molecule has 2 fully saturated rings. The smallest absolute Gasteiger partial charge is 0.276 e. The predicted octanol–water partition coefficient (Wildman–Crippen LogP) is 0.835. The maximum absolute atomic E-state index is 12.4. The molecule has 2 heterocycles. The minimum Gasteiger partial charge on any atom is -0.276 e. The first-order valence-corrected chi connectivity index (χ1v) is 5.75. The number of carbonyl (C=O) groups excluding carboxylic acids is 3. The highest BCUT2D eigenvalue weighted by Gasteiger charge is 2.57. The van der Waals surface area contributed by atoms with Crippen LogP contribution in [0.2, 0.25) is 0 Å². The Morgan fingerprint density at radius 1 is 1.28 bits per heavy atom. The number of imide groups is 2.